The molecule has 12 heteroatoms. The van der Waals surface area contributed by atoms with Crippen molar-refractivity contribution in [1.29, 1.82) is 0 Å². The molecule has 320 valence electrons. The number of rotatable bonds is 9. The molecule has 3 saturated carbocycles. The Morgan fingerprint density at radius 1 is 0.786 bits per heavy atom. The standard InChI is InChI=1S/C44H72O12/c1-10-51-38-25(20-24(54-38)19-22(2)3)26-13-17-44(9)28-11-12-30-41(5,6)31(15-16-42(30,7)27(28)14-18-43(26,44)8)56-40-37(50)35(48)33(46)29(55-40)21-52-39-36(49)34(47)32(45)23(4)53-39/h11,19,23-27,29-40,45-50H,10,12-18,20-21H2,1-9H3. The number of aliphatic hydroxyl groups excluding tert-OH is 6. The van der Waals surface area contributed by atoms with Gasteiger partial charge < -0.3 is 59.1 Å². The monoisotopic (exact) mass is 793 g/mol. The van der Waals surface area contributed by atoms with Crippen LogP contribution >= 0.6 is 0 Å². The average Bonchev–Trinajstić information content (AvgIpc) is 3.65. The van der Waals surface area contributed by atoms with Gasteiger partial charge in [-0.3, -0.25) is 0 Å². The van der Waals surface area contributed by atoms with E-state index in [2.05, 4.69) is 67.5 Å². The van der Waals surface area contributed by atoms with Gasteiger partial charge in [-0.2, -0.15) is 0 Å². The van der Waals surface area contributed by atoms with E-state index in [0.29, 0.717) is 30.3 Å². The van der Waals surface area contributed by atoms with E-state index in [4.69, 9.17) is 28.4 Å². The molecular formula is C44H72O12. The van der Waals surface area contributed by atoms with Gasteiger partial charge >= 0.3 is 0 Å². The molecule has 0 bridgehead atoms. The molecular weight excluding hydrogens is 720 g/mol. The molecule has 3 aliphatic heterocycles. The van der Waals surface area contributed by atoms with Crippen LogP contribution in [0.5, 0.6) is 0 Å². The minimum Gasteiger partial charge on any atom is -0.388 e. The van der Waals surface area contributed by atoms with Crippen molar-refractivity contribution in [2.24, 2.45) is 45.3 Å². The van der Waals surface area contributed by atoms with Crippen molar-refractivity contribution in [2.75, 3.05) is 13.2 Å². The minimum atomic E-state index is -1.56. The van der Waals surface area contributed by atoms with Crippen molar-refractivity contribution in [2.45, 2.75) is 194 Å². The number of hydrogen-bond donors (Lipinski definition) is 6. The van der Waals surface area contributed by atoms with Crippen molar-refractivity contribution >= 4 is 0 Å². The maximum Gasteiger partial charge on any atom is 0.186 e. The van der Waals surface area contributed by atoms with Gasteiger partial charge in [0.1, 0.15) is 42.7 Å². The summed E-state index contributed by atoms with van der Waals surface area (Å²) in [6, 6.07) is 0. The highest BCUT2D eigenvalue weighted by Crippen LogP contribution is 2.74. The summed E-state index contributed by atoms with van der Waals surface area (Å²) in [5.41, 5.74) is 2.95. The van der Waals surface area contributed by atoms with Crippen molar-refractivity contribution in [1.82, 2.24) is 0 Å². The second-order valence-corrected chi connectivity index (χ2v) is 20.1. The predicted octanol–water partition coefficient (Wildman–Crippen LogP) is 4.36. The molecule has 7 aliphatic rings. The first-order valence-corrected chi connectivity index (χ1v) is 21.6. The Bertz CT molecular complexity index is 1460. The third kappa shape index (κ3) is 7.01. The molecule has 7 rings (SSSR count). The Balaban J connectivity index is 1.05. The quantitative estimate of drug-likeness (QED) is 0.182. The van der Waals surface area contributed by atoms with Crippen LogP contribution in [0.4, 0.5) is 0 Å². The highest BCUT2D eigenvalue weighted by atomic mass is 16.7. The molecule has 0 amide bonds. The molecule has 56 heavy (non-hydrogen) atoms. The molecule has 20 unspecified atom stereocenters. The Labute approximate surface area is 333 Å². The van der Waals surface area contributed by atoms with Crippen molar-refractivity contribution < 1.29 is 59.1 Å². The molecule has 4 aliphatic carbocycles. The average molecular weight is 793 g/mol. The van der Waals surface area contributed by atoms with Gasteiger partial charge in [0.15, 0.2) is 18.9 Å². The predicted molar refractivity (Wildman–Crippen MR) is 207 cm³/mol. The van der Waals surface area contributed by atoms with Gasteiger partial charge in [-0.05, 0) is 118 Å². The maximum atomic E-state index is 11.1. The van der Waals surface area contributed by atoms with Crippen LogP contribution in [0.3, 0.4) is 0 Å². The lowest BCUT2D eigenvalue weighted by Crippen LogP contribution is -2.63. The number of aliphatic hydroxyl groups is 6. The lowest BCUT2D eigenvalue weighted by atomic mass is 9.41. The van der Waals surface area contributed by atoms with Gasteiger partial charge in [0, 0.05) is 12.5 Å². The van der Waals surface area contributed by atoms with E-state index in [9.17, 15) is 30.6 Å². The van der Waals surface area contributed by atoms with Crippen LogP contribution in [0.1, 0.15) is 114 Å². The minimum absolute atomic E-state index is 0.0585. The van der Waals surface area contributed by atoms with E-state index in [1.807, 2.05) is 0 Å². The molecule has 6 N–H and O–H groups in total. The second-order valence-electron chi connectivity index (χ2n) is 20.1. The van der Waals surface area contributed by atoms with E-state index >= 15 is 0 Å². The Morgan fingerprint density at radius 3 is 2.18 bits per heavy atom. The Kier molecular flexibility index (Phi) is 12.2. The normalized spacial score (nSPS) is 52.8. The summed E-state index contributed by atoms with van der Waals surface area (Å²) in [5, 5.41) is 63.6. The largest absolute Gasteiger partial charge is 0.388 e. The van der Waals surface area contributed by atoms with Crippen LogP contribution < -0.4 is 0 Å². The fraction of sp³-hybridized carbons (Fsp3) is 0.909. The number of hydrogen-bond acceptors (Lipinski definition) is 12. The molecule has 20 atom stereocenters. The SMILES string of the molecule is CCOC1OC(C=C(C)C)CC1C1CCC2(C)C3=CCC4C(C)(C)C(OC5OC(COC6OC(C)C(O)C(O)C6O)C(O)C(O)C5O)CCC4(C)C3CCC12C. The number of ether oxygens (including phenoxy) is 6. The van der Waals surface area contributed by atoms with E-state index in [1.165, 1.54) is 24.8 Å². The molecule has 12 nitrogen and oxygen atoms in total. The zero-order valence-electron chi connectivity index (χ0n) is 35.2. The lowest BCUT2D eigenvalue weighted by molar-refractivity contribution is -0.342. The molecule has 0 aromatic carbocycles. The molecule has 3 heterocycles. The zero-order valence-corrected chi connectivity index (χ0v) is 35.2. The highest BCUT2D eigenvalue weighted by Gasteiger charge is 2.67. The lowest BCUT2D eigenvalue weighted by Gasteiger charge is -2.65. The molecule has 0 aromatic rings. The first kappa shape index (κ1) is 43.1. The molecule has 6 fully saturated rings. The van der Waals surface area contributed by atoms with Crippen molar-refractivity contribution in [3.05, 3.63) is 23.3 Å². The summed E-state index contributed by atoms with van der Waals surface area (Å²) < 4.78 is 36.8. The van der Waals surface area contributed by atoms with E-state index in [0.717, 1.165) is 32.1 Å². The van der Waals surface area contributed by atoms with Gasteiger partial charge in [-0.15, -0.1) is 0 Å². The molecule has 0 aromatic heterocycles. The third-order valence-electron chi connectivity index (χ3n) is 16.6. The van der Waals surface area contributed by atoms with Crippen LogP contribution in [0.15, 0.2) is 23.3 Å². The first-order chi connectivity index (χ1) is 26.3. The summed E-state index contributed by atoms with van der Waals surface area (Å²) in [6.07, 6.45) is -0.400. The van der Waals surface area contributed by atoms with Crippen molar-refractivity contribution in [3.8, 4) is 0 Å². The zero-order chi connectivity index (χ0) is 40.7. The summed E-state index contributed by atoms with van der Waals surface area (Å²) >= 11 is 0. The van der Waals surface area contributed by atoms with Gasteiger partial charge in [-0.1, -0.05) is 57.9 Å². The highest BCUT2D eigenvalue weighted by molar-refractivity contribution is 5.33. The third-order valence-corrected chi connectivity index (χ3v) is 16.6. The summed E-state index contributed by atoms with van der Waals surface area (Å²) in [6.45, 7) is 20.4. The summed E-state index contributed by atoms with van der Waals surface area (Å²) in [4.78, 5) is 0. The van der Waals surface area contributed by atoms with Gasteiger partial charge in [-0.25, -0.2) is 0 Å². The van der Waals surface area contributed by atoms with Crippen LogP contribution in [0, 0.1) is 45.3 Å². The smallest absolute Gasteiger partial charge is 0.186 e. The second kappa shape index (κ2) is 15.8. The Morgan fingerprint density at radius 2 is 1.48 bits per heavy atom. The van der Waals surface area contributed by atoms with E-state index < -0.39 is 61.4 Å². The van der Waals surface area contributed by atoms with Gasteiger partial charge in [0.05, 0.1) is 24.9 Å². The molecule has 3 saturated heterocycles. The van der Waals surface area contributed by atoms with Gasteiger partial charge in [0.25, 0.3) is 0 Å². The first-order valence-electron chi connectivity index (χ1n) is 21.6. The summed E-state index contributed by atoms with van der Waals surface area (Å²) in [5.74, 6) is 1.68. The van der Waals surface area contributed by atoms with Gasteiger partial charge in [0.2, 0.25) is 0 Å². The van der Waals surface area contributed by atoms with Crippen LogP contribution in [-0.4, -0.2) is 124 Å². The number of fused-ring (bicyclic) bond motifs is 5. The molecule has 0 spiro atoms. The van der Waals surface area contributed by atoms with Crippen LogP contribution in [-0.2, 0) is 28.4 Å². The van der Waals surface area contributed by atoms with E-state index in [1.54, 1.807) is 12.5 Å². The fourth-order valence-electron chi connectivity index (χ4n) is 13.2. The van der Waals surface area contributed by atoms with Crippen LogP contribution in [0.25, 0.3) is 0 Å². The van der Waals surface area contributed by atoms with Crippen LogP contribution in [0.2, 0.25) is 0 Å². The summed E-state index contributed by atoms with van der Waals surface area (Å²) in [7, 11) is 0. The Hall–Kier alpha value is -1.00. The van der Waals surface area contributed by atoms with Crippen molar-refractivity contribution in [3.63, 3.8) is 0 Å². The molecule has 0 radical (unpaired) electrons. The fourth-order valence-corrected chi connectivity index (χ4v) is 13.2. The van der Waals surface area contributed by atoms with E-state index in [-0.39, 0.29) is 46.8 Å². The number of allylic oxidation sites excluding steroid dienone is 3. The maximum absolute atomic E-state index is 11.1. The topological polar surface area (TPSA) is 177 Å².